The molecule has 4 nitrogen and oxygen atoms in total. The summed E-state index contributed by atoms with van der Waals surface area (Å²) in [6, 6.07) is 2.34. The molecule has 98 valence electrons. The first-order valence-electron chi connectivity index (χ1n) is 6.69. The summed E-state index contributed by atoms with van der Waals surface area (Å²) in [6.45, 7) is 2.17. The normalized spacial score (nSPS) is 19.9. The first-order valence-corrected chi connectivity index (χ1v) is 7.51. The van der Waals surface area contributed by atoms with Gasteiger partial charge in [0, 0.05) is 19.1 Å². The second-order valence-electron chi connectivity index (χ2n) is 5.16. The molecule has 0 unspecified atom stereocenters. The summed E-state index contributed by atoms with van der Waals surface area (Å²) in [5.74, 6) is 0.00302. The van der Waals surface area contributed by atoms with Crippen molar-refractivity contribution in [2.24, 2.45) is 0 Å². The Bertz CT molecular complexity index is 447. The van der Waals surface area contributed by atoms with Gasteiger partial charge in [0.15, 0.2) is 0 Å². The highest BCUT2D eigenvalue weighted by atomic mass is 32.1. The Labute approximate surface area is 111 Å². The third-order valence-electron chi connectivity index (χ3n) is 3.53. The lowest BCUT2D eigenvalue weighted by atomic mass is 10.1. The van der Waals surface area contributed by atoms with E-state index in [1.165, 1.54) is 30.6 Å². The van der Waals surface area contributed by atoms with Gasteiger partial charge in [-0.3, -0.25) is 4.79 Å². The van der Waals surface area contributed by atoms with E-state index < -0.39 is 0 Å². The molecular weight excluding hydrogens is 246 g/mol. The number of carbonyl (C=O) groups is 1. The molecule has 1 aliphatic carbocycles. The number of thiophene rings is 1. The highest BCUT2D eigenvalue weighted by Gasteiger charge is 2.26. The fourth-order valence-electron chi connectivity index (χ4n) is 2.32. The number of nitrogens with one attached hydrogen (secondary N) is 1. The lowest BCUT2D eigenvalue weighted by molar-refractivity contribution is 0.0956. The number of nitrogen functional groups attached to an aromatic ring is 1. The van der Waals surface area contributed by atoms with E-state index in [1.54, 1.807) is 0 Å². The molecule has 1 aromatic heterocycles. The maximum atomic E-state index is 12.0. The SMILES string of the molecule is Nc1cc(N2CCCCC2)sc1C(=O)NC1CC1. The van der Waals surface area contributed by atoms with Crippen LogP contribution in [0.4, 0.5) is 10.7 Å². The largest absolute Gasteiger partial charge is 0.397 e. The summed E-state index contributed by atoms with van der Waals surface area (Å²) in [5.41, 5.74) is 6.59. The van der Waals surface area contributed by atoms with Gasteiger partial charge in [-0.25, -0.2) is 0 Å². The van der Waals surface area contributed by atoms with Crippen molar-refractivity contribution < 1.29 is 4.79 Å². The van der Waals surface area contributed by atoms with Crippen LogP contribution < -0.4 is 16.0 Å². The second-order valence-corrected chi connectivity index (χ2v) is 6.20. The minimum absolute atomic E-state index is 0.00302. The Balaban J connectivity index is 1.74. The van der Waals surface area contributed by atoms with Crippen molar-refractivity contribution in [1.29, 1.82) is 0 Å². The van der Waals surface area contributed by atoms with Crippen LogP contribution in [0.1, 0.15) is 41.8 Å². The number of hydrogen-bond donors (Lipinski definition) is 2. The minimum atomic E-state index is 0.00302. The van der Waals surface area contributed by atoms with E-state index >= 15 is 0 Å². The standard InChI is InChI=1S/C13H19N3OS/c14-10-8-11(16-6-2-1-3-7-16)18-12(10)13(17)15-9-4-5-9/h8-9H,1-7,14H2,(H,15,17). The highest BCUT2D eigenvalue weighted by Crippen LogP contribution is 2.34. The highest BCUT2D eigenvalue weighted by molar-refractivity contribution is 7.18. The molecule has 0 radical (unpaired) electrons. The van der Waals surface area contributed by atoms with Crippen LogP contribution in [-0.4, -0.2) is 25.0 Å². The molecule has 2 heterocycles. The van der Waals surface area contributed by atoms with Gasteiger partial charge < -0.3 is 16.0 Å². The molecule has 1 saturated carbocycles. The van der Waals surface area contributed by atoms with Crippen molar-refractivity contribution in [2.75, 3.05) is 23.7 Å². The molecule has 2 aliphatic rings. The predicted octanol–water partition coefficient (Wildman–Crippen LogP) is 2.21. The van der Waals surface area contributed by atoms with Gasteiger partial charge in [0.05, 0.1) is 10.7 Å². The number of anilines is 2. The van der Waals surface area contributed by atoms with Crippen LogP contribution in [0.25, 0.3) is 0 Å². The Hall–Kier alpha value is -1.23. The number of rotatable bonds is 3. The predicted molar refractivity (Wildman–Crippen MR) is 75.3 cm³/mol. The van der Waals surface area contributed by atoms with E-state index in [4.69, 9.17) is 5.73 Å². The van der Waals surface area contributed by atoms with Crippen LogP contribution in [0.15, 0.2) is 6.07 Å². The van der Waals surface area contributed by atoms with Crippen LogP contribution in [-0.2, 0) is 0 Å². The Morgan fingerprint density at radius 2 is 2.06 bits per heavy atom. The van der Waals surface area contributed by atoms with Crippen LogP contribution in [0.5, 0.6) is 0 Å². The monoisotopic (exact) mass is 265 g/mol. The van der Waals surface area contributed by atoms with E-state index in [0.717, 1.165) is 30.9 Å². The molecule has 1 saturated heterocycles. The number of carbonyl (C=O) groups excluding carboxylic acids is 1. The molecule has 0 spiro atoms. The third-order valence-corrected chi connectivity index (χ3v) is 4.74. The molecule has 3 N–H and O–H groups in total. The first-order chi connectivity index (χ1) is 8.74. The Morgan fingerprint density at radius 3 is 2.72 bits per heavy atom. The van der Waals surface area contributed by atoms with Crippen LogP contribution >= 0.6 is 11.3 Å². The van der Waals surface area contributed by atoms with Gasteiger partial charge in [-0.15, -0.1) is 11.3 Å². The number of nitrogens with two attached hydrogens (primary N) is 1. The van der Waals surface area contributed by atoms with E-state index in [0.29, 0.717) is 16.6 Å². The van der Waals surface area contributed by atoms with E-state index in [9.17, 15) is 4.79 Å². The summed E-state index contributed by atoms with van der Waals surface area (Å²) >= 11 is 1.53. The van der Waals surface area contributed by atoms with Gasteiger partial charge in [-0.05, 0) is 38.2 Å². The summed E-state index contributed by atoms with van der Waals surface area (Å²) in [6.07, 6.45) is 6.00. The zero-order valence-corrected chi connectivity index (χ0v) is 11.3. The molecule has 0 atom stereocenters. The second kappa shape index (κ2) is 4.80. The van der Waals surface area contributed by atoms with Crippen molar-refractivity contribution in [1.82, 2.24) is 5.32 Å². The number of hydrogen-bond acceptors (Lipinski definition) is 4. The molecule has 18 heavy (non-hydrogen) atoms. The van der Waals surface area contributed by atoms with E-state index in [-0.39, 0.29) is 5.91 Å². The molecule has 2 fully saturated rings. The van der Waals surface area contributed by atoms with Gasteiger partial charge in [0.25, 0.3) is 5.91 Å². The zero-order valence-electron chi connectivity index (χ0n) is 10.4. The number of piperidine rings is 1. The fraction of sp³-hybridized carbons (Fsp3) is 0.615. The quantitative estimate of drug-likeness (QED) is 0.881. The van der Waals surface area contributed by atoms with Crippen LogP contribution in [0, 0.1) is 0 Å². The van der Waals surface area contributed by atoms with Gasteiger partial charge in [-0.1, -0.05) is 0 Å². The average Bonchev–Trinajstić information content (AvgIpc) is 3.10. The van der Waals surface area contributed by atoms with Crippen molar-refractivity contribution in [3.8, 4) is 0 Å². The number of amides is 1. The van der Waals surface area contributed by atoms with Crippen molar-refractivity contribution in [3.05, 3.63) is 10.9 Å². The maximum absolute atomic E-state index is 12.0. The van der Waals surface area contributed by atoms with Crippen molar-refractivity contribution in [2.45, 2.75) is 38.1 Å². The molecule has 0 bridgehead atoms. The molecular formula is C13H19N3OS. The van der Waals surface area contributed by atoms with Gasteiger partial charge in [0.1, 0.15) is 4.88 Å². The summed E-state index contributed by atoms with van der Waals surface area (Å²) < 4.78 is 0. The fourth-order valence-corrected chi connectivity index (χ4v) is 3.35. The number of nitrogens with zero attached hydrogens (tertiary/aromatic N) is 1. The molecule has 0 aromatic carbocycles. The van der Waals surface area contributed by atoms with Gasteiger partial charge in [0.2, 0.25) is 0 Å². The zero-order chi connectivity index (χ0) is 12.5. The van der Waals surface area contributed by atoms with E-state index in [1.807, 2.05) is 6.07 Å². The average molecular weight is 265 g/mol. The topological polar surface area (TPSA) is 58.4 Å². The van der Waals surface area contributed by atoms with Gasteiger partial charge >= 0.3 is 0 Å². The van der Waals surface area contributed by atoms with E-state index in [2.05, 4.69) is 10.2 Å². The van der Waals surface area contributed by atoms with Gasteiger partial charge in [-0.2, -0.15) is 0 Å². The lowest BCUT2D eigenvalue weighted by Crippen LogP contribution is -2.28. The smallest absolute Gasteiger partial charge is 0.263 e. The maximum Gasteiger partial charge on any atom is 0.263 e. The molecule has 1 aliphatic heterocycles. The minimum Gasteiger partial charge on any atom is -0.397 e. The molecule has 1 amide bonds. The lowest BCUT2D eigenvalue weighted by Gasteiger charge is -2.26. The van der Waals surface area contributed by atoms with Crippen LogP contribution in [0.3, 0.4) is 0 Å². The first kappa shape index (κ1) is 11.8. The Morgan fingerprint density at radius 1 is 1.33 bits per heavy atom. The Kier molecular flexibility index (Phi) is 3.16. The summed E-state index contributed by atoms with van der Waals surface area (Å²) in [7, 11) is 0. The summed E-state index contributed by atoms with van der Waals surface area (Å²) in [5, 5.41) is 4.15. The van der Waals surface area contributed by atoms with Crippen LogP contribution in [0.2, 0.25) is 0 Å². The molecule has 5 heteroatoms. The third kappa shape index (κ3) is 2.46. The van der Waals surface area contributed by atoms with Crippen molar-refractivity contribution in [3.63, 3.8) is 0 Å². The molecule has 3 rings (SSSR count). The molecule has 1 aromatic rings. The summed E-state index contributed by atoms with van der Waals surface area (Å²) in [4.78, 5) is 15.0. The van der Waals surface area contributed by atoms with Crippen molar-refractivity contribution >= 4 is 27.9 Å².